The normalized spacial score (nSPS) is 22.8. The topological polar surface area (TPSA) is 61.6 Å². The van der Waals surface area contributed by atoms with Gasteiger partial charge in [0.1, 0.15) is 5.82 Å². The lowest BCUT2D eigenvalue weighted by molar-refractivity contribution is -0.137. The number of rotatable bonds is 3. The van der Waals surface area contributed by atoms with Gasteiger partial charge < -0.3 is 19.5 Å². The number of hydrogen-bond acceptors (Lipinski definition) is 3. The van der Waals surface area contributed by atoms with Crippen molar-refractivity contribution < 1.29 is 27.5 Å². The maximum absolute atomic E-state index is 13.7. The molecular formula is C26H26F4N4O2. The van der Waals surface area contributed by atoms with Crippen molar-refractivity contribution in [1.29, 1.82) is 0 Å². The number of aromatic nitrogens is 2. The minimum Gasteiger partial charge on any atom is -0.391 e. The van der Waals surface area contributed by atoms with Gasteiger partial charge in [0, 0.05) is 49.9 Å². The number of aliphatic hydroxyl groups excluding tert-OH is 1. The maximum atomic E-state index is 13.7. The molecule has 0 saturated carbocycles. The average molecular weight is 503 g/mol. The molecule has 1 aromatic heterocycles. The molecule has 10 heteroatoms. The first-order chi connectivity index (χ1) is 17.2. The highest BCUT2D eigenvalue weighted by molar-refractivity contribution is 5.75. The zero-order valence-electron chi connectivity index (χ0n) is 19.4. The molecule has 5 rings (SSSR count). The summed E-state index contributed by atoms with van der Waals surface area (Å²) in [5, 5.41) is 9.89. The molecule has 2 saturated heterocycles. The Morgan fingerprint density at radius 2 is 1.75 bits per heavy atom. The number of amides is 2. The Balaban J connectivity index is 1.42. The quantitative estimate of drug-likeness (QED) is 0.524. The molecule has 2 fully saturated rings. The van der Waals surface area contributed by atoms with Crippen LogP contribution in [0.1, 0.15) is 41.5 Å². The molecular weight excluding hydrogens is 476 g/mol. The van der Waals surface area contributed by atoms with E-state index < -0.39 is 17.8 Å². The summed E-state index contributed by atoms with van der Waals surface area (Å²) >= 11 is 0. The maximum Gasteiger partial charge on any atom is 0.416 e. The van der Waals surface area contributed by atoms with Crippen molar-refractivity contribution in [3.63, 3.8) is 0 Å². The number of hydrogen-bond donors (Lipinski definition) is 1. The van der Waals surface area contributed by atoms with Gasteiger partial charge in [-0.25, -0.2) is 14.2 Å². The molecule has 190 valence electrons. The van der Waals surface area contributed by atoms with Crippen molar-refractivity contribution in [3.05, 3.63) is 83.7 Å². The molecule has 3 aromatic rings. The van der Waals surface area contributed by atoms with Crippen LogP contribution in [0.3, 0.4) is 0 Å². The minimum absolute atomic E-state index is 0.169. The van der Waals surface area contributed by atoms with E-state index in [1.165, 1.54) is 24.3 Å². The fourth-order valence-electron chi connectivity index (χ4n) is 5.10. The second-order valence-electron chi connectivity index (χ2n) is 9.51. The molecule has 2 aliphatic heterocycles. The fourth-order valence-corrected chi connectivity index (χ4v) is 5.10. The number of carbonyl (C=O) groups excluding carboxylic acids is 1. The lowest BCUT2D eigenvalue weighted by Crippen LogP contribution is -2.48. The van der Waals surface area contributed by atoms with E-state index in [4.69, 9.17) is 0 Å². The third-order valence-electron chi connectivity index (χ3n) is 6.99. The third kappa shape index (κ3) is 5.09. The van der Waals surface area contributed by atoms with Gasteiger partial charge in [-0.2, -0.15) is 13.2 Å². The van der Waals surface area contributed by atoms with E-state index in [-0.39, 0.29) is 30.2 Å². The van der Waals surface area contributed by atoms with Gasteiger partial charge in [-0.3, -0.25) is 0 Å². The van der Waals surface area contributed by atoms with Crippen molar-refractivity contribution in [2.24, 2.45) is 0 Å². The van der Waals surface area contributed by atoms with E-state index in [1.807, 2.05) is 0 Å². The number of piperidine rings is 1. The molecule has 3 heterocycles. The zero-order valence-corrected chi connectivity index (χ0v) is 19.4. The fraction of sp³-hybridized carbons (Fsp3) is 0.385. The first-order valence-electron chi connectivity index (χ1n) is 11.9. The summed E-state index contributed by atoms with van der Waals surface area (Å²) in [4.78, 5) is 21.1. The smallest absolute Gasteiger partial charge is 0.391 e. The third-order valence-corrected chi connectivity index (χ3v) is 6.99. The zero-order chi connectivity index (χ0) is 25.4. The van der Waals surface area contributed by atoms with Crippen LogP contribution >= 0.6 is 0 Å². The monoisotopic (exact) mass is 502 g/mol. The van der Waals surface area contributed by atoms with E-state index in [0.29, 0.717) is 38.2 Å². The first kappa shape index (κ1) is 24.3. The lowest BCUT2D eigenvalue weighted by Gasteiger charge is -2.39. The Morgan fingerprint density at radius 3 is 2.42 bits per heavy atom. The first-order valence-corrected chi connectivity index (χ1v) is 11.9. The predicted octanol–water partition coefficient (Wildman–Crippen LogP) is 4.79. The van der Waals surface area contributed by atoms with Crippen LogP contribution in [0.5, 0.6) is 0 Å². The standard InChI is InChI=1S/C26H26F4N4O2/c27-21-2-1-3-22(11-21)34-15-24(31-16-34)19-10-18(17-4-6-20(7-5-17)26(28,29)30)12-33(13-19)25(36)32-9-8-23(35)14-32/h1-7,11,15-16,18-19,23,35H,8-10,12-14H2. The molecule has 2 aromatic carbocycles. The van der Waals surface area contributed by atoms with E-state index >= 15 is 0 Å². The minimum atomic E-state index is -4.42. The van der Waals surface area contributed by atoms with Crippen LogP contribution < -0.4 is 0 Å². The highest BCUT2D eigenvalue weighted by Gasteiger charge is 2.37. The van der Waals surface area contributed by atoms with Crippen LogP contribution in [0.2, 0.25) is 0 Å². The summed E-state index contributed by atoms with van der Waals surface area (Å²) in [6, 6.07) is 11.0. The summed E-state index contributed by atoms with van der Waals surface area (Å²) in [6.45, 7) is 1.47. The summed E-state index contributed by atoms with van der Waals surface area (Å²) in [5.74, 6) is -0.730. The number of benzene rings is 2. The van der Waals surface area contributed by atoms with E-state index in [0.717, 1.165) is 23.4 Å². The Bertz CT molecular complexity index is 1230. The molecule has 3 unspecified atom stereocenters. The Kier molecular flexibility index (Phi) is 6.46. The van der Waals surface area contributed by atoms with Gasteiger partial charge in [0.05, 0.1) is 23.7 Å². The lowest BCUT2D eigenvalue weighted by atomic mass is 9.83. The summed E-state index contributed by atoms with van der Waals surface area (Å²) < 4.78 is 54.6. The van der Waals surface area contributed by atoms with E-state index in [1.54, 1.807) is 39.0 Å². The number of nitrogens with zero attached hydrogens (tertiary/aromatic N) is 4. The van der Waals surface area contributed by atoms with E-state index in [9.17, 15) is 27.5 Å². The van der Waals surface area contributed by atoms with Crippen molar-refractivity contribution in [2.45, 2.75) is 37.0 Å². The number of urea groups is 1. The van der Waals surface area contributed by atoms with Crippen LogP contribution in [-0.2, 0) is 6.18 Å². The SMILES string of the molecule is O=C(N1CCC(O)C1)N1CC(c2ccc(C(F)(F)F)cc2)CC(c2cn(-c3cccc(F)c3)cn2)C1. The summed E-state index contributed by atoms with van der Waals surface area (Å²) in [5.41, 5.74) is 1.33. The van der Waals surface area contributed by atoms with Crippen LogP contribution in [0.25, 0.3) is 5.69 Å². The average Bonchev–Trinajstić information content (AvgIpc) is 3.53. The van der Waals surface area contributed by atoms with Gasteiger partial charge in [-0.15, -0.1) is 0 Å². The highest BCUT2D eigenvalue weighted by atomic mass is 19.4. The number of carbonyl (C=O) groups is 1. The number of imidazole rings is 1. The van der Waals surface area contributed by atoms with Gasteiger partial charge >= 0.3 is 12.2 Å². The molecule has 1 N–H and O–H groups in total. The molecule has 2 amide bonds. The van der Waals surface area contributed by atoms with Crippen molar-refractivity contribution in [2.75, 3.05) is 26.2 Å². The van der Waals surface area contributed by atoms with Crippen LogP contribution in [0.15, 0.2) is 61.1 Å². The molecule has 0 radical (unpaired) electrons. The van der Waals surface area contributed by atoms with Gasteiger partial charge in [0.2, 0.25) is 0 Å². The van der Waals surface area contributed by atoms with E-state index in [2.05, 4.69) is 4.98 Å². The van der Waals surface area contributed by atoms with Crippen molar-refractivity contribution in [1.82, 2.24) is 19.4 Å². The largest absolute Gasteiger partial charge is 0.416 e. The van der Waals surface area contributed by atoms with Crippen molar-refractivity contribution in [3.8, 4) is 5.69 Å². The Hall–Kier alpha value is -3.40. The molecule has 3 atom stereocenters. The second-order valence-corrected chi connectivity index (χ2v) is 9.51. The second kappa shape index (κ2) is 9.57. The Labute approximate surface area is 205 Å². The summed E-state index contributed by atoms with van der Waals surface area (Å²) in [7, 11) is 0. The predicted molar refractivity (Wildman–Crippen MR) is 124 cm³/mol. The molecule has 2 aliphatic rings. The molecule has 0 spiro atoms. The van der Waals surface area contributed by atoms with Gasteiger partial charge in [0.15, 0.2) is 0 Å². The van der Waals surface area contributed by atoms with Gasteiger partial charge in [-0.1, -0.05) is 18.2 Å². The molecule has 6 nitrogen and oxygen atoms in total. The highest BCUT2D eigenvalue weighted by Crippen LogP contribution is 2.37. The summed E-state index contributed by atoms with van der Waals surface area (Å²) in [6.07, 6.45) is -0.467. The Morgan fingerprint density at radius 1 is 1.00 bits per heavy atom. The number of halogens is 4. The number of alkyl halides is 3. The molecule has 36 heavy (non-hydrogen) atoms. The number of β-amino-alcohol motifs (C(OH)–C–C–N with tert-alkyl or cyclic N) is 1. The molecule has 0 aliphatic carbocycles. The van der Waals surface area contributed by atoms with Crippen LogP contribution in [0, 0.1) is 5.82 Å². The molecule has 0 bridgehead atoms. The van der Waals surface area contributed by atoms with Gasteiger partial charge in [-0.05, 0) is 48.7 Å². The van der Waals surface area contributed by atoms with Crippen LogP contribution in [0.4, 0.5) is 22.4 Å². The van der Waals surface area contributed by atoms with Crippen LogP contribution in [-0.4, -0.2) is 62.8 Å². The van der Waals surface area contributed by atoms with Crippen molar-refractivity contribution >= 4 is 6.03 Å². The van der Waals surface area contributed by atoms with Gasteiger partial charge in [0.25, 0.3) is 0 Å². The number of likely N-dealkylation sites (tertiary alicyclic amines) is 2. The number of aliphatic hydroxyl groups is 1.